The van der Waals surface area contributed by atoms with Crippen molar-refractivity contribution < 1.29 is 14.3 Å². The number of amides is 2. The zero-order valence-electron chi connectivity index (χ0n) is 14.9. The van der Waals surface area contributed by atoms with E-state index in [0.29, 0.717) is 13.0 Å². The summed E-state index contributed by atoms with van der Waals surface area (Å²) >= 11 is 0. The topological polar surface area (TPSA) is 73.9 Å². The van der Waals surface area contributed by atoms with Crippen LogP contribution in [0.15, 0.2) is 24.3 Å². The van der Waals surface area contributed by atoms with E-state index < -0.39 is 17.7 Å². The molecule has 24 heavy (non-hydrogen) atoms. The Morgan fingerprint density at radius 3 is 2.42 bits per heavy atom. The molecule has 2 rings (SSSR count). The highest BCUT2D eigenvalue weighted by Gasteiger charge is 2.33. The van der Waals surface area contributed by atoms with Crippen LogP contribution in [0.2, 0.25) is 0 Å². The summed E-state index contributed by atoms with van der Waals surface area (Å²) in [6, 6.07) is 7.35. The zero-order chi connectivity index (χ0) is 17.9. The molecule has 2 amide bonds. The highest BCUT2D eigenvalue weighted by atomic mass is 16.6. The van der Waals surface area contributed by atoms with Crippen molar-refractivity contribution in [2.75, 3.05) is 30.4 Å². The average molecular weight is 334 g/mol. The highest BCUT2D eigenvalue weighted by Crippen LogP contribution is 2.24. The van der Waals surface area contributed by atoms with Crippen LogP contribution in [-0.4, -0.2) is 44.3 Å². The van der Waals surface area contributed by atoms with Gasteiger partial charge in [0.1, 0.15) is 11.6 Å². The zero-order valence-corrected chi connectivity index (χ0v) is 14.9. The molecule has 2 N–H and O–H groups in total. The molecule has 132 valence electrons. The molecular weight excluding hydrogens is 308 g/mol. The Hall–Kier alpha value is -2.28. The second kappa shape index (κ2) is 7.09. The maximum absolute atomic E-state index is 12.5. The van der Waals surface area contributed by atoms with Crippen molar-refractivity contribution in [3.8, 4) is 0 Å². The monoisotopic (exact) mass is 334 g/mol. The van der Waals surface area contributed by atoms with Gasteiger partial charge in [0.05, 0.1) is 0 Å². The fourth-order valence-electron chi connectivity index (χ4n) is 2.45. The van der Waals surface area contributed by atoms with Gasteiger partial charge < -0.3 is 14.5 Å². The van der Waals surface area contributed by atoms with Gasteiger partial charge in [-0.25, -0.2) is 10.2 Å². The van der Waals surface area contributed by atoms with Gasteiger partial charge in [0.2, 0.25) is 5.91 Å². The van der Waals surface area contributed by atoms with Crippen molar-refractivity contribution in [1.29, 1.82) is 0 Å². The van der Waals surface area contributed by atoms with Gasteiger partial charge in [-0.2, -0.15) is 0 Å². The number of ether oxygens (including phenoxy) is 1. The third-order valence-electron chi connectivity index (χ3n) is 3.63. The molecule has 0 aromatic heterocycles. The van der Waals surface area contributed by atoms with Crippen molar-refractivity contribution >= 4 is 23.4 Å². The first-order valence-corrected chi connectivity index (χ1v) is 8.00. The number of nitrogens with zero attached hydrogens (tertiary/aromatic N) is 2. The summed E-state index contributed by atoms with van der Waals surface area (Å²) in [6.45, 7) is 5.96. The molecule has 0 saturated carbocycles. The normalized spacial score (nSPS) is 17.8. The van der Waals surface area contributed by atoms with E-state index in [1.54, 1.807) is 25.7 Å². The van der Waals surface area contributed by atoms with Crippen LogP contribution in [-0.2, 0) is 9.53 Å². The van der Waals surface area contributed by atoms with Crippen LogP contribution in [0, 0.1) is 0 Å². The van der Waals surface area contributed by atoms with Crippen molar-refractivity contribution in [2.45, 2.75) is 38.8 Å². The Kier molecular flexibility index (Phi) is 5.33. The van der Waals surface area contributed by atoms with Crippen LogP contribution in [0.25, 0.3) is 0 Å². The molecule has 0 radical (unpaired) electrons. The molecule has 1 aliphatic rings. The highest BCUT2D eigenvalue weighted by molar-refractivity contribution is 5.99. The Labute approximate surface area is 142 Å². The van der Waals surface area contributed by atoms with Gasteiger partial charge in [0.25, 0.3) is 0 Å². The van der Waals surface area contributed by atoms with Gasteiger partial charge in [-0.05, 0) is 51.5 Å². The van der Waals surface area contributed by atoms with Crippen LogP contribution < -0.4 is 20.7 Å². The molecule has 0 spiro atoms. The third kappa shape index (κ3) is 4.61. The predicted octanol–water partition coefficient (Wildman–Crippen LogP) is 1.89. The summed E-state index contributed by atoms with van der Waals surface area (Å²) in [4.78, 5) is 27.9. The SMILES string of the molecule is CN(C)c1ccc(N2CC[C@H](NNC(=O)OC(C)(C)C)C2=O)cc1. The van der Waals surface area contributed by atoms with Crippen LogP contribution in [0.5, 0.6) is 0 Å². The lowest BCUT2D eigenvalue weighted by molar-refractivity contribution is -0.119. The lowest BCUT2D eigenvalue weighted by atomic mass is 10.2. The van der Waals surface area contributed by atoms with Gasteiger partial charge in [0, 0.05) is 32.0 Å². The second-order valence-corrected chi connectivity index (χ2v) is 7.01. The Morgan fingerprint density at radius 2 is 1.88 bits per heavy atom. The summed E-state index contributed by atoms with van der Waals surface area (Å²) in [7, 11) is 3.94. The van der Waals surface area contributed by atoms with E-state index in [4.69, 9.17) is 4.74 Å². The Bertz CT molecular complexity index is 593. The van der Waals surface area contributed by atoms with E-state index in [1.165, 1.54) is 0 Å². The standard InChI is InChI=1S/C17H26N4O3/c1-17(2,3)24-16(23)19-18-14-10-11-21(15(14)22)13-8-6-12(7-9-13)20(4)5/h6-9,14,18H,10-11H2,1-5H3,(H,19,23)/t14-/m0/s1. The van der Waals surface area contributed by atoms with E-state index in [0.717, 1.165) is 11.4 Å². The number of rotatable bonds is 4. The van der Waals surface area contributed by atoms with Crippen LogP contribution >= 0.6 is 0 Å². The van der Waals surface area contributed by atoms with Crippen LogP contribution in [0.4, 0.5) is 16.2 Å². The summed E-state index contributed by atoms with van der Waals surface area (Å²) in [5, 5.41) is 0. The molecule has 1 aliphatic heterocycles. The van der Waals surface area contributed by atoms with Gasteiger partial charge in [-0.15, -0.1) is 0 Å². The molecule has 1 saturated heterocycles. The number of hydrazine groups is 1. The summed E-state index contributed by atoms with van der Waals surface area (Å²) in [5.74, 6) is -0.0661. The van der Waals surface area contributed by atoms with Gasteiger partial charge >= 0.3 is 6.09 Å². The molecule has 0 unspecified atom stereocenters. The predicted molar refractivity (Wildman–Crippen MR) is 94.0 cm³/mol. The van der Waals surface area contributed by atoms with E-state index in [-0.39, 0.29) is 5.91 Å². The van der Waals surface area contributed by atoms with Crippen molar-refractivity contribution in [1.82, 2.24) is 10.9 Å². The molecule has 1 heterocycles. The molecular formula is C17H26N4O3. The molecule has 1 atom stereocenters. The summed E-state index contributed by atoms with van der Waals surface area (Å²) in [6.07, 6.45) is 0.0217. The number of hydrogen-bond acceptors (Lipinski definition) is 5. The molecule has 0 bridgehead atoms. The number of nitrogens with one attached hydrogen (secondary N) is 2. The van der Waals surface area contributed by atoms with Crippen LogP contribution in [0.3, 0.4) is 0 Å². The minimum absolute atomic E-state index is 0.0661. The lowest BCUT2D eigenvalue weighted by Gasteiger charge is -2.21. The van der Waals surface area contributed by atoms with Crippen molar-refractivity contribution in [3.05, 3.63) is 24.3 Å². The first kappa shape index (κ1) is 18.1. The lowest BCUT2D eigenvalue weighted by Crippen LogP contribution is -2.49. The second-order valence-electron chi connectivity index (χ2n) is 7.01. The fourth-order valence-corrected chi connectivity index (χ4v) is 2.45. The van der Waals surface area contributed by atoms with Crippen molar-refractivity contribution in [2.24, 2.45) is 0 Å². The molecule has 7 heteroatoms. The number of anilines is 2. The molecule has 1 fully saturated rings. The quantitative estimate of drug-likeness (QED) is 0.823. The van der Waals surface area contributed by atoms with E-state index in [1.807, 2.05) is 43.3 Å². The minimum Gasteiger partial charge on any atom is -0.443 e. The maximum Gasteiger partial charge on any atom is 0.422 e. The number of carbonyl (C=O) groups is 2. The number of carbonyl (C=O) groups excluding carboxylic acids is 2. The Balaban J connectivity index is 1.91. The first-order chi connectivity index (χ1) is 11.2. The number of hydrogen-bond donors (Lipinski definition) is 2. The van der Waals surface area contributed by atoms with Gasteiger partial charge in [-0.3, -0.25) is 10.2 Å². The van der Waals surface area contributed by atoms with E-state index in [2.05, 4.69) is 10.9 Å². The summed E-state index contributed by atoms with van der Waals surface area (Å²) < 4.78 is 5.14. The van der Waals surface area contributed by atoms with E-state index >= 15 is 0 Å². The average Bonchev–Trinajstić information content (AvgIpc) is 2.84. The van der Waals surface area contributed by atoms with E-state index in [9.17, 15) is 9.59 Å². The number of benzene rings is 1. The third-order valence-corrected chi connectivity index (χ3v) is 3.63. The molecule has 0 aliphatic carbocycles. The maximum atomic E-state index is 12.5. The van der Waals surface area contributed by atoms with Crippen molar-refractivity contribution in [3.63, 3.8) is 0 Å². The Morgan fingerprint density at radius 1 is 1.25 bits per heavy atom. The largest absolute Gasteiger partial charge is 0.443 e. The van der Waals surface area contributed by atoms with Gasteiger partial charge in [-0.1, -0.05) is 0 Å². The molecule has 1 aromatic rings. The van der Waals surface area contributed by atoms with Crippen LogP contribution in [0.1, 0.15) is 27.2 Å². The fraction of sp³-hybridized carbons (Fsp3) is 0.529. The molecule has 1 aromatic carbocycles. The van der Waals surface area contributed by atoms with Gasteiger partial charge in [0.15, 0.2) is 0 Å². The summed E-state index contributed by atoms with van der Waals surface area (Å²) in [5.41, 5.74) is 6.55. The first-order valence-electron chi connectivity index (χ1n) is 8.00. The molecule has 7 nitrogen and oxygen atoms in total. The minimum atomic E-state index is -0.593. The smallest absolute Gasteiger partial charge is 0.422 e.